The molecule has 0 saturated heterocycles. The van der Waals surface area contributed by atoms with Crippen molar-refractivity contribution in [1.29, 1.82) is 0 Å². The molecule has 0 saturated carbocycles. The SMILES string of the molecule is CC.CN.COc1ccc2ccc3c(c2c1)CCC(C(/C=C(\C)F)=C(/C)F)O3. The smallest absolute Gasteiger partial charge is 0.127 e. The minimum atomic E-state index is -0.476. The Morgan fingerprint density at radius 3 is 2.36 bits per heavy atom. The molecule has 1 aliphatic heterocycles. The van der Waals surface area contributed by atoms with E-state index in [4.69, 9.17) is 9.47 Å². The van der Waals surface area contributed by atoms with Gasteiger partial charge < -0.3 is 15.2 Å². The Balaban J connectivity index is 0.000000921. The first-order valence-electron chi connectivity index (χ1n) is 9.53. The van der Waals surface area contributed by atoms with Gasteiger partial charge in [0.05, 0.1) is 12.9 Å². The maximum absolute atomic E-state index is 13.8. The highest BCUT2D eigenvalue weighted by Crippen LogP contribution is 2.37. The van der Waals surface area contributed by atoms with Gasteiger partial charge in [-0.2, -0.15) is 0 Å². The van der Waals surface area contributed by atoms with Crippen LogP contribution >= 0.6 is 0 Å². The monoisotopic (exact) mass is 391 g/mol. The Morgan fingerprint density at radius 2 is 1.79 bits per heavy atom. The molecule has 0 bridgehead atoms. The van der Waals surface area contributed by atoms with Crippen molar-refractivity contribution in [1.82, 2.24) is 0 Å². The predicted molar refractivity (Wildman–Crippen MR) is 113 cm³/mol. The Morgan fingerprint density at radius 1 is 1.14 bits per heavy atom. The molecular formula is C23H31F2NO2. The first-order chi connectivity index (χ1) is 13.5. The van der Waals surface area contributed by atoms with Crippen LogP contribution in [0.2, 0.25) is 0 Å². The van der Waals surface area contributed by atoms with Crippen molar-refractivity contribution >= 4 is 10.8 Å². The molecule has 154 valence electrons. The van der Waals surface area contributed by atoms with Crippen LogP contribution < -0.4 is 15.2 Å². The maximum Gasteiger partial charge on any atom is 0.127 e. The van der Waals surface area contributed by atoms with E-state index in [1.165, 1.54) is 27.0 Å². The summed E-state index contributed by atoms with van der Waals surface area (Å²) in [6.07, 6.45) is 2.08. The fourth-order valence-corrected chi connectivity index (χ4v) is 3.17. The van der Waals surface area contributed by atoms with Crippen LogP contribution in [-0.2, 0) is 6.42 Å². The van der Waals surface area contributed by atoms with E-state index in [0.29, 0.717) is 6.42 Å². The number of ether oxygens (including phenoxy) is 2. The number of fused-ring (bicyclic) bond motifs is 3. The molecule has 0 aliphatic carbocycles. The van der Waals surface area contributed by atoms with Crippen LogP contribution in [0.5, 0.6) is 11.5 Å². The molecule has 2 aromatic carbocycles. The Kier molecular flexibility index (Phi) is 9.66. The highest BCUT2D eigenvalue weighted by Gasteiger charge is 2.25. The van der Waals surface area contributed by atoms with Gasteiger partial charge in [0.25, 0.3) is 0 Å². The van der Waals surface area contributed by atoms with Crippen LogP contribution in [0.4, 0.5) is 8.78 Å². The molecule has 0 amide bonds. The highest BCUT2D eigenvalue weighted by atomic mass is 19.1. The lowest BCUT2D eigenvalue weighted by atomic mass is 9.93. The minimum absolute atomic E-state index is 0.270. The van der Waals surface area contributed by atoms with Gasteiger partial charge in [-0.15, -0.1) is 0 Å². The Hall–Kier alpha value is -2.40. The third-order valence-corrected chi connectivity index (χ3v) is 4.32. The molecule has 2 aromatic rings. The molecule has 0 radical (unpaired) electrons. The normalized spacial score (nSPS) is 16.5. The van der Waals surface area contributed by atoms with Crippen LogP contribution in [-0.4, -0.2) is 20.3 Å². The number of benzene rings is 2. The van der Waals surface area contributed by atoms with Crippen molar-refractivity contribution in [2.45, 2.75) is 46.6 Å². The fourth-order valence-electron chi connectivity index (χ4n) is 3.17. The summed E-state index contributed by atoms with van der Waals surface area (Å²) in [5, 5.41) is 2.18. The molecule has 1 atom stereocenters. The van der Waals surface area contributed by atoms with Gasteiger partial charge >= 0.3 is 0 Å². The van der Waals surface area contributed by atoms with Crippen molar-refractivity contribution in [2.75, 3.05) is 14.2 Å². The number of halogens is 2. The second kappa shape index (κ2) is 11.4. The van der Waals surface area contributed by atoms with Crippen LogP contribution in [0.1, 0.15) is 39.7 Å². The van der Waals surface area contributed by atoms with Crippen molar-refractivity contribution in [3.63, 3.8) is 0 Å². The van der Waals surface area contributed by atoms with E-state index in [1.54, 1.807) is 7.11 Å². The average molecular weight is 392 g/mol. The van der Waals surface area contributed by atoms with Gasteiger partial charge in [0.15, 0.2) is 0 Å². The summed E-state index contributed by atoms with van der Waals surface area (Å²) in [6, 6.07) is 9.78. The van der Waals surface area contributed by atoms with Crippen LogP contribution in [0.25, 0.3) is 10.8 Å². The van der Waals surface area contributed by atoms with Gasteiger partial charge in [0, 0.05) is 11.1 Å². The van der Waals surface area contributed by atoms with Gasteiger partial charge in [0.2, 0.25) is 0 Å². The number of rotatable bonds is 3. The summed E-state index contributed by atoms with van der Waals surface area (Å²) in [4.78, 5) is 0. The van der Waals surface area contributed by atoms with Gasteiger partial charge in [-0.25, -0.2) is 8.78 Å². The van der Waals surface area contributed by atoms with Gasteiger partial charge in [-0.05, 0) is 68.8 Å². The summed E-state index contributed by atoms with van der Waals surface area (Å²) in [5.41, 5.74) is 5.85. The molecule has 1 aliphatic rings. The summed E-state index contributed by atoms with van der Waals surface area (Å²) in [5.74, 6) is 0.660. The topological polar surface area (TPSA) is 44.5 Å². The van der Waals surface area contributed by atoms with Gasteiger partial charge in [0.1, 0.15) is 23.4 Å². The summed E-state index contributed by atoms with van der Waals surface area (Å²) >= 11 is 0. The summed E-state index contributed by atoms with van der Waals surface area (Å²) in [7, 11) is 3.13. The zero-order valence-electron chi connectivity index (χ0n) is 17.6. The largest absolute Gasteiger partial charge is 0.497 e. The van der Waals surface area contributed by atoms with Crippen molar-refractivity contribution in [2.24, 2.45) is 5.73 Å². The second-order valence-corrected chi connectivity index (χ2v) is 5.99. The number of aryl methyl sites for hydroxylation is 1. The van der Waals surface area contributed by atoms with E-state index >= 15 is 0 Å². The zero-order valence-corrected chi connectivity index (χ0v) is 17.6. The number of nitrogens with two attached hydrogens (primary N) is 1. The first-order valence-corrected chi connectivity index (χ1v) is 9.53. The second-order valence-electron chi connectivity index (χ2n) is 5.99. The maximum atomic E-state index is 13.8. The van der Waals surface area contributed by atoms with E-state index in [-0.39, 0.29) is 5.57 Å². The van der Waals surface area contributed by atoms with Crippen LogP contribution in [0.15, 0.2) is 53.6 Å². The van der Waals surface area contributed by atoms with Gasteiger partial charge in [-0.1, -0.05) is 26.0 Å². The van der Waals surface area contributed by atoms with Crippen LogP contribution in [0.3, 0.4) is 0 Å². The summed E-state index contributed by atoms with van der Waals surface area (Å²) < 4.78 is 38.3. The third-order valence-electron chi connectivity index (χ3n) is 4.32. The number of allylic oxidation sites excluding steroid dienone is 2. The van der Waals surface area contributed by atoms with Gasteiger partial charge in [-0.3, -0.25) is 0 Å². The molecule has 28 heavy (non-hydrogen) atoms. The predicted octanol–water partition coefficient (Wildman–Crippen LogP) is 6.26. The molecule has 1 unspecified atom stereocenters. The summed E-state index contributed by atoms with van der Waals surface area (Å²) in [6.45, 7) is 6.64. The number of hydrogen-bond acceptors (Lipinski definition) is 3. The number of methoxy groups -OCH3 is 1. The van der Waals surface area contributed by atoms with E-state index < -0.39 is 17.8 Å². The van der Waals surface area contributed by atoms with E-state index in [2.05, 4.69) is 5.73 Å². The highest BCUT2D eigenvalue weighted by molar-refractivity contribution is 5.89. The van der Waals surface area contributed by atoms with E-state index in [0.717, 1.165) is 34.3 Å². The fraction of sp³-hybridized carbons (Fsp3) is 0.391. The molecule has 0 aromatic heterocycles. The molecule has 0 spiro atoms. The molecule has 3 nitrogen and oxygen atoms in total. The molecule has 1 heterocycles. The van der Waals surface area contributed by atoms with Crippen molar-refractivity contribution < 1.29 is 18.3 Å². The zero-order chi connectivity index (χ0) is 21.3. The van der Waals surface area contributed by atoms with Crippen LogP contribution in [0, 0.1) is 0 Å². The molecule has 0 fully saturated rings. The van der Waals surface area contributed by atoms with E-state index in [9.17, 15) is 8.78 Å². The van der Waals surface area contributed by atoms with Crippen molar-refractivity contribution in [3.8, 4) is 11.5 Å². The van der Waals surface area contributed by atoms with E-state index in [1.807, 2.05) is 44.2 Å². The lowest BCUT2D eigenvalue weighted by molar-refractivity contribution is 0.208. The molecular weight excluding hydrogens is 360 g/mol. The van der Waals surface area contributed by atoms with Crippen molar-refractivity contribution in [3.05, 3.63) is 59.2 Å². The Labute approximate surface area is 166 Å². The quantitative estimate of drug-likeness (QED) is 0.628. The average Bonchev–Trinajstić information content (AvgIpc) is 2.73. The lowest BCUT2D eigenvalue weighted by Crippen LogP contribution is -2.25. The first kappa shape index (κ1) is 23.6. The third kappa shape index (κ3) is 5.55. The Bertz CT molecular complexity index is 836. The standard InChI is InChI=1S/C20H20F2O2.C2H6.CH5N/c1-12(21)10-17(13(2)22)20-9-7-16-18-11-15(23-3)6-4-14(18)5-8-19(16)24-20;2*1-2/h4-6,8,10-11,20H,7,9H2,1-3H3;1-2H3;2H2,1H3/b12-10+,17-13-;;. The number of hydrogen-bond donors (Lipinski definition) is 1. The molecule has 3 rings (SSSR count). The lowest BCUT2D eigenvalue weighted by Gasteiger charge is -2.28. The molecule has 2 N–H and O–H groups in total. The minimum Gasteiger partial charge on any atom is -0.497 e. The molecule has 5 heteroatoms.